The number of para-hydroxylation sites is 1. The third-order valence-electron chi connectivity index (χ3n) is 4.42. The van der Waals surface area contributed by atoms with Crippen LogP contribution in [-0.2, 0) is 9.47 Å². The van der Waals surface area contributed by atoms with Gasteiger partial charge in [0.25, 0.3) is 5.91 Å². The van der Waals surface area contributed by atoms with Crippen molar-refractivity contribution in [3.05, 3.63) is 52.3 Å². The summed E-state index contributed by atoms with van der Waals surface area (Å²) in [6.45, 7) is 0.287. The van der Waals surface area contributed by atoms with Gasteiger partial charge in [0.05, 0.1) is 28.8 Å². The van der Waals surface area contributed by atoms with Crippen LogP contribution in [0.3, 0.4) is 0 Å². The van der Waals surface area contributed by atoms with E-state index in [1.807, 2.05) is 0 Å². The quantitative estimate of drug-likeness (QED) is 0.601. The number of carbonyl (C=O) groups excluding carboxylic acids is 1. The van der Waals surface area contributed by atoms with Crippen molar-refractivity contribution in [2.24, 2.45) is 5.10 Å². The number of hydrogen-bond donors (Lipinski definition) is 2. The van der Waals surface area contributed by atoms with Gasteiger partial charge in [-0.25, -0.2) is 5.43 Å². The van der Waals surface area contributed by atoms with Gasteiger partial charge in [0.15, 0.2) is 6.29 Å². The van der Waals surface area contributed by atoms with Crippen molar-refractivity contribution in [1.82, 2.24) is 15.2 Å². The van der Waals surface area contributed by atoms with E-state index in [1.165, 1.54) is 29.2 Å². The summed E-state index contributed by atoms with van der Waals surface area (Å²) in [6, 6.07) is 5.75. The van der Waals surface area contributed by atoms with Gasteiger partial charge < -0.3 is 14.6 Å². The van der Waals surface area contributed by atoms with Crippen LogP contribution in [0.4, 0.5) is 5.69 Å². The van der Waals surface area contributed by atoms with E-state index in [9.17, 15) is 20.0 Å². The summed E-state index contributed by atoms with van der Waals surface area (Å²) >= 11 is 0. The van der Waals surface area contributed by atoms with Gasteiger partial charge in [-0.1, -0.05) is 12.1 Å². The number of fused-ring (bicyclic) bond motifs is 2. The molecule has 0 unspecified atom stereocenters. The van der Waals surface area contributed by atoms with Gasteiger partial charge in [-0.15, -0.1) is 0 Å². The lowest BCUT2D eigenvalue weighted by molar-refractivity contribution is -0.385. The molecule has 2 saturated heterocycles. The minimum absolute atomic E-state index is 0.0862. The molecule has 0 aliphatic carbocycles. The van der Waals surface area contributed by atoms with Crippen LogP contribution in [-0.4, -0.2) is 50.4 Å². The van der Waals surface area contributed by atoms with E-state index in [-0.39, 0.29) is 35.8 Å². The van der Waals surface area contributed by atoms with Crippen LogP contribution in [0.15, 0.2) is 41.8 Å². The van der Waals surface area contributed by atoms with E-state index >= 15 is 0 Å². The highest BCUT2D eigenvalue weighted by atomic mass is 16.7. The molecular weight excluding hydrogens is 358 g/mol. The Hall–Kier alpha value is -3.31. The van der Waals surface area contributed by atoms with E-state index < -0.39 is 17.1 Å². The van der Waals surface area contributed by atoms with Crippen molar-refractivity contribution < 1.29 is 24.3 Å². The Morgan fingerprint density at radius 3 is 3.00 bits per heavy atom. The standard InChI is InChI=1S/C16H15N5O6/c22-13-4-2-1-3-10(13)15(23)19-18-11-5-12(14-8-26-16(11)27-14)20-7-9(6-17-20)21(24)25/h1-4,6-7,12,14,16,22H,5,8H2,(H,19,23)/b18-11+/t12-,14-,16+/m1/s1. The van der Waals surface area contributed by atoms with Crippen molar-refractivity contribution >= 4 is 17.3 Å². The van der Waals surface area contributed by atoms with Gasteiger partial charge in [0.1, 0.15) is 24.2 Å². The second kappa shape index (κ2) is 6.78. The Bertz CT molecular complexity index is 926. The van der Waals surface area contributed by atoms with Crippen LogP contribution in [0, 0.1) is 10.1 Å². The van der Waals surface area contributed by atoms with Crippen molar-refractivity contribution in [2.75, 3.05) is 6.61 Å². The summed E-state index contributed by atoms with van der Waals surface area (Å²) in [6.07, 6.45) is 1.82. The predicted octanol–water partition coefficient (Wildman–Crippen LogP) is 0.969. The minimum atomic E-state index is -0.693. The number of ether oxygens (including phenoxy) is 2. The largest absolute Gasteiger partial charge is 0.507 e. The summed E-state index contributed by atoms with van der Waals surface area (Å²) in [5, 5.41) is 28.7. The summed E-state index contributed by atoms with van der Waals surface area (Å²) in [4.78, 5) is 22.5. The van der Waals surface area contributed by atoms with Crippen molar-refractivity contribution in [2.45, 2.75) is 24.9 Å². The zero-order valence-corrected chi connectivity index (χ0v) is 13.9. The number of amides is 1. The lowest BCUT2D eigenvalue weighted by Gasteiger charge is -2.28. The number of rotatable bonds is 4. The van der Waals surface area contributed by atoms with Gasteiger partial charge >= 0.3 is 5.69 Å². The molecule has 0 spiro atoms. The Balaban J connectivity index is 1.52. The van der Waals surface area contributed by atoms with E-state index in [2.05, 4.69) is 15.6 Å². The first kappa shape index (κ1) is 17.1. The molecule has 2 fully saturated rings. The predicted molar refractivity (Wildman–Crippen MR) is 90.2 cm³/mol. The molecule has 3 heterocycles. The maximum absolute atomic E-state index is 12.2. The van der Waals surface area contributed by atoms with Gasteiger partial charge in [0.2, 0.25) is 0 Å². The summed E-state index contributed by atoms with van der Waals surface area (Å²) in [5.41, 5.74) is 2.77. The molecule has 1 aromatic heterocycles. The molecule has 0 radical (unpaired) electrons. The van der Waals surface area contributed by atoms with Gasteiger partial charge in [-0.2, -0.15) is 10.2 Å². The maximum atomic E-state index is 12.2. The van der Waals surface area contributed by atoms with Crippen LogP contribution in [0.1, 0.15) is 22.8 Å². The molecule has 140 valence electrons. The first-order valence-electron chi connectivity index (χ1n) is 8.13. The third-order valence-corrected chi connectivity index (χ3v) is 4.42. The Labute approximate surface area is 152 Å². The van der Waals surface area contributed by atoms with E-state index in [4.69, 9.17) is 9.47 Å². The molecule has 0 saturated carbocycles. The molecule has 2 aliphatic rings. The second-order valence-electron chi connectivity index (χ2n) is 6.11. The van der Waals surface area contributed by atoms with Gasteiger partial charge in [-0.3, -0.25) is 19.6 Å². The van der Waals surface area contributed by atoms with E-state index in [0.717, 1.165) is 0 Å². The Morgan fingerprint density at radius 2 is 2.26 bits per heavy atom. The topological polar surface area (TPSA) is 141 Å². The summed E-state index contributed by atoms with van der Waals surface area (Å²) in [7, 11) is 0. The highest BCUT2D eigenvalue weighted by Gasteiger charge is 2.43. The Morgan fingerprint density at radius 1 is 1.44 bits per heavy atom. The van der Waals surface area contributed by atoms with Gasteiger partial charge in [-0.05, 0) is 12.1 Å². The molecule has 3 atom stereocenters. The number of aromatic nitrogens is 2. The zero-order chi connectivity index (χ0) is 19.0. The molecule has 2 bridgehead atoms. The number of hydrazone groups is 1. The van der Waals surface area contributed by atoms with Crippen molar-refractivity contribution in [3.8, 4) is 5.75 Å². The number of nitro groups is 1. The fourth-order valence-corrected chi connectivity index (χ4v) is 3.05. The number of phenolic OH excluding ortho intramolecular Hbond substituents is 1. The maximum Gasteiger partial charge on any atom is 0.307 e. The second-order valence-corrected chi connectivity index (χ2v) is 6.11. The lowest BCUT2D eigenvalue weighted by atomic mass is 10.0. The lowest BCUT2D eigenvalue weighted by Crippen LogP contribution is -2.38. The number of nitrogens with one attached hydrogen (secondary N) is 1. The van der Waals surface area contributed by atoms with Gasteiger partial charge in [0, 0.05) is 6.42 Å². The van der Waals surface area contributed by atoms with Crippen LogP contribution in [0.2, 0.25) is 0 Å². The zero-order valence-electron chi connectivity index (χ0n) is 13.9. The van der Waals surface area contributed by atoms with Crippen LogP contribution < -0.4 is 5.43 Å². The highest BCUT2D eigenvalue weighted by Crippen LogP contribution is 2.33. The Kier molecular flexibility index (Phi) is 4.30. The molecule has 1 amide bonds. The molecule has 2 N–H and O–H groups in total. The molecule has 11 nitrogen and oxygen atoms in total. The number of benzene rings is 1. The summed E-state index contributed by atoms with van der Waals surface area (Å²) in [5.74, 6) is -0.735. The van der Waals surface area contributed by atoms with E-state index in [0.29, 0.717) is 12.1 Å². The average molecular weight is 373 g/mol. The number of phenols is 1. The fourth-order valence-electron chi connectivity index (χ4n) is 3.05. The van der Waals surface area contributed by atoms with Crippen molar-refractivity contribution in [1.29, 1.82) is 0 Å². The number of carbonyl (C=O) groups is 1. The molecular formula is C16H15N5O6. The normalized spacial score (nSPS) is 25.5. The highest BCUT2D eigenvalue weighted by molar-refractivity contribution is 5.98. The smallest absolute Gasteiger partial charge is 0.307 e. The first-order chi connectivity index (χ1) is 13.0. The molecule has 1 aromatic carbocycles. The molecule has 2 aromatic rings. The monoisotopic (exact) mass is 373 g/mol. The van der Waals surface area contributed by atoms with Crippen LogP contribution >= 0.6 is 0 Å². The van der Waals surface area contributed by atoms with Crippen LogP contribution in [0.5, 0.6) is 5.75 Å². The molecule has 11 heteroatoms. The number of nitrogens with zero attached hydrogens (tertiary/aromatic N) is 4. The van der Waals surface area contributed by atoms with Crippen LogP contribution in [0.25, 0.3) is 0 Å². The van der Waals surface area contributed by atoms with Crippen molar-refractivity contribution in [3.63, 3.8) is 0 Å². The molecule has 27 heavy (non-hydrogen) atoms. The summed E-state index contributed by atoms with van der Waals surface area (Å²) < 4.78 is 12.7. The number of hydrogen-bond acceptors (Lipinski definition) is 8. The SMILES string of the molecule is O=C(N/N=C1\C[C@@H](n2cc([N+](=O)[O-])cn2)[C@H]2CO[C@H]1O2)c1ccccc1O. The van der Waals surface area contributed by atoms with E-state index in [1.54, 1.807) is 12.1 Å². The molecule has 2 aliphatic heterocycles. The first-order valence-corrected chi connectivity index (χ1v) is 8.13. The fraction of sp³-hybridized carbons (Fsp3) is 0.312. The molecule has 4 rings (SSSR count). The average Bonchev–Trinajstić information content (AvgIpc) is 3.30. The number of aromatic hydroxyl groups is 1. The third kappa shape index (κ3) is 3.25. The minimum Gasteiger partial charge on any atom is -0.507 e.